The largest absolute Gasteiger partial charge is 0.478 e. The molecule has 1 aromatic carbocycles. The number of amides is 1. The summed E-state index contributed by atoms with van der Waals surface area (Å²) in [5.41, 5.74) is 0.315. The van der Waals surface area contributed by atoms with E-state index in [4.69, 9.17) is 18.9 Å². The van der Waals surface area contributed by atoms with E-state index in [-0.39, 0.29) is 18.7 Å². The predicted molar refractivity (Wildman–Crippen MR) is 119 cm³/mol. The van der Waals surface area contributed by atoms with Crippen LogP contribution in [0.2, 0.25) is 0 Å². The first-order valence-electron chi connectivity index (χ1n) is 11.0. The number of hydrogen-bond donors (Lipinski definition) is 0. The van der Waals surface area contributed by atoms with Crippen LogP contribution in [-0.2, 0) is 14.3 Å². The van der Waals surface area contributed by atoms with E-state index < -0.39 is 11.2 Å². The summed E-state index contributed by atoms with van der Waals surface area (Å²) in [5, 5.41) is 0. The van der Waals surface area contributed by atoms with Gasteiger partial charge in [0.25, 0.3) is 0 Å². The number of aromatic nitrogens is 1. The number of pyridine rings is 1. The average molecular weight is 450 g/mol. The lowest BCUT2D eigenvalue weighted by Crippen LogP contribution is -2.51. The number of piperidine rings is 1. The van der Waals surface area contributed by atoms with Gasteiger partial charge in [-0.2, -0.15) is 0 Å². The molecule has 0 atom stereocenters. The second kappa shape index (κ2) is 7.79. The van der Waals surface area contributed by atoms with Gasteiger partial charge in [0.15, 0.2) is 17.1 Å². The third kappa shape index (κ3) is 3.90. The zero-order valence-electron chi connectivity index (χ0n) is 18.9. The molecule has 33 heavy (non-hydrogen) atoms. The van der Waals surface area contributed by atoms with Crippen molar-refractivity contribution in [3.05, 3.63) is 53.9 Å². The third-order valence-corrected chi connectivity index (χ3v) is 5.97. The van der Waals surface area contributed by atoms with Crippen molar-refractivity contribution in [3.63, 3.8) is 0 Å². The molecule has 3 aliphatic heterocycles. The van der Waals surface area contributed by atoms with Crippen molar-refractivity contribution in [2.45, 2.75) is 44.8 Å². The van der Waals surface area contributed by atoms with E-state index in [2.05, 4.69) is 4.98 Å². The zero-order valence-corrected chi connectivity index (χ0v) is 18.9. The number of carbonyl (C=O) groups is 2. The lowest BCUT2D eigenvalue weighted by molar-refractivity contribution is -0.132. The lowest BCUT2D eigenvalue weighted by Gasteiger charge is -2.38. The summed E-state index contributed by atoms with van der Waals surface area (Å²) >= 11 is 0. The van der Waals surface area contributed by atoms with Crippen LogP contribution in [-0.4, -0.2) is 52.8 Å². The SMILES string of the molecule is CC(C)(C)OC(=O)N1CCC2(CC1)OC(c1ccc3c(c1)OCO3)=C(c1cccnc1)C2=O. The highest BCUT2D eigenvalue weighted by molar-refractivity contribution is 6.33. The van der Waals surface area contributed by atoms with E-state index in [0.29, 0.717) is 54.3 Å². The fourth-order valence-electron chi connectivity index (χ4n) is 4.34. The number of ether oxygens (including phenoxy) is 4. The van der Waals surface area contributed by atoms with Gasteiger partial charge in [-0.15, -0.1) is 0 Å². The Bertz CT molecular complexity index is 1130. The molecule has 2 aromatic rings. The van der Waals surface area contributed by atoms with Gasteiger partial charge < -0.3 is 23.8 Å². The molecule has 1 amide bonds. The highest BCUT2D eigenvalue weighted by atomic mass is 16.7. The molecule has 0 radical (unpaired) electrons. The first-order valence-corrected chi connectivity index (χ1v) is 11.0. The number of likely N-dealkylation sites (tertiary alicyclic amines) is 1. The minimum atomic E-state index is -1.03. The summed E-state index contributed by atoms with van der Waals surface area (Å²) < 4.78 is 22.9. The zero-order chi connectivity index (χ0) is 23.2. The number of benzene rings is 1. The van der Waals surface area contributed by atoms with Crippen LogP contribution in [0.4, 0.5) is 4.79 Å². The number of nitrogens with zero attached hydrogens (tertiary/aromatic N) is 2. The summed E-state index contributed by atoms with van der Waals surface area (Å²) in [4.78, 5) is 32.1. The van der Waals surface area contributed by atoms with E-state index in [1.54, 1.807) is 23.4 Å². The number of Topliss-reactive ketones (excluding diaryl/α,β-unsaturated/α-hetero) is 1. The molecule has 1 aromatic heterocycles. The van der Waals surface area contributed by atoms with Crippen LogP contribution in [0.5, 0.6) is 11.5 Å². The summed E-state index contributed by atoms with van der Waals surface area (Å²) in [6.45, 7) is 6.41. The van der Waals surface area contributed by atoms with E-state index in [1.807, 2.05) is 45.0 Å². The maximum absolute atomic E-state index is 13.8. The summed E-state index contributed by atoms with van der Waals surface area (Å²) in [5.74, 6) is 1.68. The number of rotatable bonds is 2. The molecule has 1 fully saturated rings. The third-order valence-electron chi connectivity index (χ3n) is 5.97. The van der Waals surface area contributed by atoms with E-state index >= 15 is 0 Å². The van der Waals surface area contributed by atoms with Crippen LogP contribution in [0.15, 0.2) is 42.7 Å². The topological polar surface area (TPSA) is 87.2 Å². The summed E-state index contributed by atoms with van der Waals surface area (Å²) in [7, 11) is 0. The molecule has 0 saturated carbocycles. The Morgan fingerprint density at radius 2 is 1.85 bits per heavy atom. The predicted octanol–water partition coefficient (Wildman–Crippen LogP) is 4.05. The molecule has 0 unspecified atom stereocenters. The van der Waals surface area contributed by atoms with Crippen LogP contribution in [0.3, 0.4) is 0 Å². The van der Waals surface area contributed by atoms with Gasteiger partial charge in [0.1, 0.15) is 11.4 Å². The molecule has 3 aliphatic rings. The minimum absolute atomic E-state index is 0.0907. The highest BCUT2D eigenvalue weighted by Crippen LogP contribution is 2.47. The fraction of sp³-hybridized carbons (Fsp3) is 0.400. The smallest absolute Gasteiger partial charge is 0.410 e. The molecular formula is C25H26N2O6. The second-order valence-corrected chi connectivity index (χ2v) is 9.41. The Kier molecular flexibility index (Phi) is 5.03. The molecule has 0 bridgehead atoms. The van der Waals surface area contributed by atoms with Crippen LogP contribution >= 0.6 is 0 Å². The molecule has 172 valence electrons. The fourth-order valence-corrected chi connectivity index (χ4v) is 4.34. The van der Waals surface area contributed by atoms with Gasteiger partial charge in [0, 0.05) is 49.5 Å². The standard InChI is InChI=1S/C25H26N2O6/c1-24(2,3)33-23(29)27-11-8-25(9-12-27)22(28)20(17-5-4-10-26-14-17)21(32-25)16-6-7-18-19(13-16)31-15-30-18/h4-7,10,13-14H,8-9,11-12,15H2,1-3H3. The number of fused-ring (bicyclic) bond motifs is 1. The Balaban J connectivity index is 1.45. The van der Waals surface area contributed by atoms with Gasteiger partial charge in [-0.05, 0) is 45.0 Å². The van der Waals surface area contributed by atoms with E-state index in [0.717, 1.165) is 5.56 Å². The number of carbonyl (C=O) groups excluding carboxylic acids is 2. The quantitative estimate of drug-likeness (QED) is 0.682. The van der Waals surface area contributed by atoms with Crippen LogP contribution in [0.1, 0.15) is 44.7 Å². The molecule has 0 N–H and O–H groups in total. The van der Waals surface area contributed by atoms with Crippen molar-refractivity contribution in [2.75, 3.05) is 19.9 Å². The first kappa shape index (κ1) is 21.3. The van der Waals surface area contributed by atoms with Crippen molar-refractivity contribution >= 4 is 23.2 Å². The van der Waals surface area contributed by atoms with Gasteiger partial charge in [-0.25, -0.2) is 4.79 Å². The van der Waals surface area contributed by atoms with Gasteiger partial charge in [-0.1, -0.05) is 6.07 Å². The minimum Gasteiger partial charge on any atom is -0.478 e. The molecule has 4 heterocycles. The molecule has 1 spiro atoms. The molecule has 0 aliphatic carbocycles. The number of hydrogen-bond acceptors (Lipinski definition) is 7. The van der Waals surface area contributed by atoms with Crippen molar-refractivity contribution in [3.8, 4) is 11.5 Å². The van der Waals surface area contributed by atoms with E-state index in [9.17, 15) is 9.59 Å². The van der Waals surface area contributed by atoms with Crippen LogP contribution < -0.4 is 9.47 Å². The number of ketones is 1. The van der Waals surface area contributed by atoms with Crippen LogP contribution in [0, 0.1) is 0 Å². The van der Waals surface area contributed by atoms with Gasteiger partial charge in [0.05, 0.1) is 5.57 Å². The van der Waals surface area contributed by atoms with Crippen LogP contribution in [0.25, 0.3) is 11.3 Å². The Hall–Kier alpha value is -3.55. The Labute approximate surface area is 192 Å². The molecule has 5 rings (SSSR count). The second-order valence-electron chi connectivity index (χ2n) is 9.41. The molecule has 1 saturated heterocycles. The van der Waals surface area contributed by atoms with Crippen molar-refractivity contribution < 1.29 is 28.5 Å². The Morgan fingerprint density at radius 1 is 1.09 bits per heavy atom. The first-order chi connectivity index (χ1) is 15.8. The van der Waals surface area contributed by atoms with Crippen molar-refractivity contribution in [2.24, 2.45) is 0 Å². The van der Waals surface area contributed by atoms with Crippen molar-refractivity contribution in [1.82, 2.24) is 9.88 Å². The normalized spacial score (nSPS) is 19.1. The average Bonchev–Trinajstić information content (AvgIpc) is 3.36. The molecule has 8 heteroatoms. The van der Waals surface area contributed by atoms with Gasteiger partial charge in [0.2, 0.25) is 12.6 Å². The Morgan fingerprint density at radius 3 is 2.55 bits per heavy atom. The maximum Gasteiger partial charge on any atom is 0.410 e. The highest BCUT2D eigenvalue weighted by Gasteiger charge is 2.52. The molecular weight excluding hydrogens is 424 g/mol. The lowest BCUT2D eigenvalue weighted by atomic mass is 9.83. The summed E-state index contributed by atoms with van der Waals surface area (Å²) in [6, 6.07) is 9.15. The molecule has 8 nitrogen and oxygen atoms in total. The van der Waals surface area contributed by atoms with E-state index in [1.165, 1.54) is 0 Å². The monoisotopic (exact) mass is 450 g/mol. The maximum atomic E-state index is 13.8. The van der Waals surface area contributed by atoms with Crippen molar-refractivity contribution in [1.29, 1.82) is 0 Å². The van der Waals surface area contributed by atoms with Gasteiger partial charge in [-0.3, -0.25) is 9.78 Å². The van der Waals surface area contributed by atoms with Gasteiger partial charge >= 0.3 is 6.09 Å². The summed E-state index contributed by atoms with van der Waals surface area (Å²) in [6.07, 6.45) is 3.71.